The lowest BCUT2D eigenvalue weighted by Crippen LogP contribution is -2.34. The van der Waals surface area contributed by atoms with E-state index in [2.05, 4.69) is 87.6 Å². The molecule has 5 heteroatoms. The summed E-state index contributed by atoms with van der Waals surface area (Å²) in [6.07, 6.45) is 5.45. The fourth-order valence-corrected chi connectivity index (χ4v) is 2.93. The summed E-state index contributed by atoms with van der Waals surface area (Å²) in [4.78, 5) is 6.67. The van der Waals surface area contributed by atoms with Gasteiger partial charge in [0.05, 0.1) is 12.3 Å². The number of para-hydroxylation sites is 1. The second-order valence-electron chi connectivity index (χ2n) is 7.67. The molecule has 0 aliphatic carbocycles. The molecule has 3 rings (SSSR count). The number of hydrogen-bond donors (Lipinski definition) is 1. The van der Waals surface area contributed by atoms with E-state index in [0.29, 0.717) is 0 Å². The molecular formula is C30H55N4S+. The number of aliphatic imine (C=N–C) groups is 1. The number of amidine groups is 1. The average Bonchev–Trinajstić information content (AvgIpc) is 3.28. The Kier molecular flexibility index (Phi) is 29.8. The molecule has 0 unspecified atom stereocenters. The van der Waals surface area contributed by atoms with Crippen molar-refractivity contribution in [2.45, 2.75) is 82.2 Å². The number of nitrogen functional groups attached to an aromatic ring is 1. The minimum atomic E-state index is 0.822. The topological polar surface area (TPSA) is 45.5 Å². The number of thioether (sulfide) groups is 1. The van der Waals surface area contributed by atoms with Crippen molar-refractivity contribution in [1.29, 1.82) is 0 Å². The number of likely N-dealkylation sites (N-methyl/N-ethyl adjacent to an activating group) is 1. The summed E-state index contributed by atoms with van der Waals surface area (Å²) in [5.41, 5.74) is 9.03. The average molecular weight is 504 g/mol. The maximum absolute atomic E-state index is 5.36. The van der Waals surface area contributed by atoms with Crippen LogP contribution in [0.4, 0.5) is 5.69 Å². The van der Waals surface area contributed by atoms with Crippen LogP contribution in [0.15, 0.2) is 77.1 Å². The van der Waals surface area contributed by atoms with Gasteiger partial charge in [0.1, 0.15) is 0 Å². The minimum Gasteiger partial charge on any atom is -0.399 e. The molecule has 0 saturated heterocycles. The number of aromatic nitrogens is 1. The smallest absolute Gasteiger partial charge is 0.168 e. The predicted octanol–water partition coefficient (Wildman–Crippen LogP) is 8.11. The summed E-state index contributed by atoms with van der Waals surface area (Å²) in [6, 6.07) is 15.6. The minimum absolute atomic E-state index is 0.822. The van der Waals surface area contributed by atoms with E-state index in [1.807, 2.05) is 75.9 Å². The Balaban J connectivity index is -0.000000431. The first-order valence-corrected chi connectivity index (χ1v) is 14.0. The first-order chi connectivity index (χ1) is 16.8. The van der Waals surface area contributed by atoms with Crippen LogP contribution in [0.2, 0.25) is 0 Å². The number of pyridine rings is 1. The first kappa shape index (κ1) is 37.3. The molecule has 1 aromatic heterocycles. The number of allylic oxidation sites excluding steroid dienone is 2. The maximum atomic E-state index is 5.36. The number of nitrogens with zero attached hydrogens (tertiary/aromatic N) is 3. The van der Waals surface area contributed by atoms with E-state index in [0.717, 1.165) is 31.1 Å². The zero-order chi connectivity index (χ0) is 27.5. The first-order valence-electron chi connectivity index (χ1n) is 13.0. The molecule has 2 aromatic rings. The van der Waals surface area contributed by atoms with Crippen LogP contribution in [0.1, 0.15) is 75.7 Å². The fraction of sp³-hybridized carbons (Fsp3) is 0.533. The second-order valence-corrected chi connectivity index (χ2v) is 8.73. The standard InChI is InChI=1S/C11H16N3S.C6H7N.C6H12.C3H8.2C2H6/c1-13-8-5-12-11(13)15-10-9-14-6-3-2-4-7-14;7-6-4-2-1-3-5-6;1-5(2)6(3)4;1-3-2;2*1-2/h2-4,6-7H,5,8-10H2,1H3;1-5H,7H2;1-4H3;3H2,1-2H3;2*1-2H3/q+1;;;;;. The van der Waals surface area contributed by atoms with E-state index >= 15 is 0 Å². The lowest BCUT2D eigenvalue weighted by Gasteiger charge is -2.11. The molecule has 1 aliphatic heterocycles. The van der Waals surface area contributed by atoms with Gasteiger partial charge in [0.2, 0.25) is 0 Å². The van der Waals surface area contributed by atoms with Gasteiger partial charge in [-0.25, -0.2) is 4.57 Å². The van der Waals surface area contributed by atoms with E-state index < -0.39 is 0 Å². The van der Waals surface area contributed by atoms with Crippen molar-refractivity contribution in [1.82, 2.24) is 4.90 Å². The molecule has 0 bridgehead atoms. The lowest BCUT2D eigenvalue weighted by atomic mass is 10.2. The monoisotopic (exact) mass is 503 g/mol. The number of benzene rings is 1. The van der Waals surface area contributed by atoms with Crippen molar-refractivity contribution < 1.29 is 4.57 Å². The van der Waals surface area contributed by atoms with Gasteiger partial charge >= 0.3 is 0 Å². The molecule has 0 fully saturated rings. The van der Waals surface area contributed by atoms with Gasteiger partial charge in [0.25, 0.3) is 0 Å². The molecule has 0 radical (unpaired) electrons. The molecule has 1 aromatic carbocycles. The zero-order valence-electron chi connectivity index (χ0n) is 24.6. The summed E-state index contributed by atoms with van der Waals surface area (Å²) < 4.78 is 2.20. The second kappa shape index (κ2) is 28.0. The number of anilines is 1. The van der Waals surface area contributed by atoms with Gasteiger partial charge in [-0.15, -0.1) is 0 Å². The van der Waals surface area contributed by atoms with Crippen LogP contribution in [0, 0.1) is 0 Å². The third-order valence-electron chi connectivity index (χ3n) is 4.17. The van der Waals surface area contributed by atoms with E-state index in [1.165, 1.54) is 22.7 Å². The molecule has 0 spiro atoms. The van der Waals surface area contributed by atoms with Gasteiger partial charge in [-0.2, -0.15) is 0 Å². The van der Waals surface area contributed by atoms with Gasteiger partial charge in [-0.05, 0) is 39.8 Å². The van der Waals surface area contributed by atoms with Crippen molar-refractivity contribution in [2.75, 3.05) is 31.6 Å². The van der Waals surface area contributed by atoms with Crippen LogP contribution in [0.25, 0.3) is 0 Å². The Morgan fingerprint density at radius 2 is 1.34 bits per heavy atom. The van der Waals surface area contributed by atoms with Gasteiger partial charge in [-0.3, -0.25) is 4.99 Å². The molecule has 2 N–H and O–H groups in total. The molecule has 0 saturated carbocycles. The van der Waals surface area contributed by atoms with Crippen LogP contribution < -0.4 is 10.3 Å². The Bertz CT molecular complexity index is 725. The van der Waals surface area contributed by atoms with E-state index in [-0.39, 0.29) is 0 Å². The Morgan fingerprint density at radius 3 is 1.69 bits per heavy atom. The molecule has 2 heterocycles. The van der Waals surface area contributed by atoms with E-state index in [4.69, 9.17) is 5.73 Å². The number of aryl methyl sites for hydroxylation is 1. The molecule has 1 aliphatic rings. The Labute approximate surface area is 222 Å². The normalized spacial score (nSPS) is 10.6. The molecule has 200 valence electrons. The number of rotatable bonds is 3. The third kappa shape index (κ3) is 24.7. The van der Waals surface area contributed by atoms with Crippen molar-refractivity contribution in [3.63, 3.8) is 0 Å². The van der Waals surface area contributed by atoms with Crippen LogP contribution in [-0.4, -0.2) is 36.0 Å². The summed E-state index contributed by atoms with van der Waals surface area (Å²) >= 11 is 1.84. The maximum Gasteiger partial charge on any atom is 0.168 e. The highest BCUT2D eigenvalue weighted by atomic mass is 32.2. The summed E-state index contributed by atoms with van der Waals surface area (Å²) in [6.45, 7) is 23.8. The fourth-order valence-electron chi connectivity index (χ4n) is 1.95. The van der Waals surface area contributed by atoms with Crippen LogP contribution in [0.5, 0.6) is 0 Å². The molecule has 35 heavy (non-hydrogen) atoms. The molecule has 0 amide bonds. The Morgan fingerprint density at radius 1 is 0.886 bits per heavy atom. The van der Waals surface area contributed by atoms with Crippen molar-refractivity contribution in [3.8, 4) is 0 Å². The van der Waals surface area contributed by atoms with Crippen molar-refractivity contribution >= 4 is 22.6 Å². The van der Waals surface area contributed by atoms with Gasteiger partial charge in [0, 0.05) is 31.4 Å². The van der Waals surface area contributed by atoms with Gasteiger partial charge in [-0.1, -0.05) is 95.1 Å². The van der Waals surface area contributed by atoms with Gasteiger partial charge < -0.3 is 10.6 Å². The van der Waals surface area contributed by atoms with Crippen LogP contribution in [0.3, 0.4) is 0 Å². The zero-order valence-corrected chi connectivity index (χ0v) is 25.5. The quantitative estimate of drug-likeness (QED) is 0.261. The number of hydrogen-bond acceptors (Lipinski definition) is 4. The molecule has 0 atom stereocenters. The van der Waals surface area contributed by atoms with Gasteiger partial charge in [0.15, 0.2) is 24.1 Å². The Hall–Kier alpha value is -2.27. The highest BCUT2D eigenvalue weighted by Crippen LogP contribution is 2.11. The summed E-state index contributed by atoms with van der Waals surface area (Å²) in [5, 5.41) is 1.19. The van der Waals surface area contributed by atoms with E-state index in [1.54, 1.807) is 0 Å². The SMILES string of the molecule is CC.CC.CC(C)=C(C)C.CCC.CN1CCN=C1SCC[n+]1ccccc1.Nc1ccccc1. The van der Waals surface area contributed by atoms with Crippen LogP contribution >= 0.6 is 11.8 Å². The van der Waals surface area contributed by atoms with Crippen LogP contribution in [-0.2, 0) is 6.54 Å². The van der Waals surface area contributed by atoms with Crippen molar-refractivity contribution in [3.05, 3.63) is 72.1 Å². The highest BCUT2D eigenvalue weighted by Gasteiger charge is 2.12. The largest absolute Gasteiger partial charge is 0.399 e. The lowest BCUT2D eigenvalue weighted by molar-refractivity contribution is -0.692. The summed E-state index contributed by atoms with van der Waals surface area (Å²) in [5.74, 6) is 1.08. The van der Waals surface area contributed by atoms with E-state index in [9.17, 15) is 0 Å². The van der Waals surface area contributed by atoms with Crippen molar-refractivity contribution in [2.24, 2.45) is 4.99 Å². The highest BCUT2D eigenvalue weighted by molar-refractivity contribution is 8.13. The summed E-state index contributed by atoms with van der Waals surface area (Å²) in [7, 11) is 2.11. The predicted molar refractivity (Wildman–Crippen MR) is 163 cm³/mol. The third-order valence-corrected chi connectivity index (χ3v) is 5.25. The molecule has 4 nitrogen and oxygen atoms in total. The molecular weight excluding hydrogens is 448 g/mol. The number of nitrogens with two attached hydrogens (primary N) is 1.